The maximum Gasteiger partial charge on any atom is 0.0518 e. The number of rotatable bonds is 2. The summed E-state index contributed by atoms with van der Waals surface area (Å²) in [6.07, 6.45) is 0. The third-order valence-electron chi connectivity index (χ3n) is 10.7. The first-order valence-corrected chi connectivity index (χ1v) is 16.0. The van der Waals surface area contributed by atoms with Gasteiger partial charge in [0.05, 0.1) is 5.52 Å². The number of hydrogen-bond donors (Lipinski definition) is 0. The molecule has 0 amide bonds. The first kappa shape index (κ1) is 26.3. The Morgan fingerprint density at radius 3 is 1.80 bits per heavy atom. The van der Waals surface area contributed by atoms with E-state index in [2.05, 4.69) is 161 Å². The number of benzene rings is 7. The largest absolute Gasteiger partial charge is 0.343 e. The van der Waals surface area contributed by atoms with E-state index in [9.17, 15) is 0 Å². The Morgan fingerprint density at radius 2 is 1.11 bits per heavy atom. The number of aryl methyl sites for hydroxylation is 3. The van der Waals surface area contributed by atoms with E-state index < -0.39 is 0 Å². The Kier molecular flexibility index (Phi) is 5.37. The highest BCUT2D eigenvalue weighted by Crippen LogP contribution is 2.52. The van der Waals surface area contributed by atoms with Crippen molar-refractivity contribution in [3.63, 3.8) is 0 Å². The van der Waals surface area contributed by atoms with E-state index in [0.29, 0.717) is 0 Å². The molecular formula is C44H35N. The molecule has 9 rings (SSSR count). The van der Waals surface area contributed by atoms with Crippen molar-refractivity contribution < 1.29 is 0 Å². The van der Waals surface area contributed by atoms with Gasteiger partial charge in [-0.15, -0.1) is 0 Å². The summed E-state index contributed by atoms with van der Waals surface area (Å²) >= 11 is 0. The van der Waals surface area contributed by atoms with Crippen molar-refractivity contribution in [2.75, 3.05) is 0 Å². The molecule has 216 valence electrons. The van der Waals surface area contributed by atoms with Gasteiger partial charge in [-0.2, -0.15) is 0 Å². The fraction of sp³-hybridized carbons (Fsp3) is 0.136. The fourth-order valence-electron chi connectivity index (χ4n) is 8.43. The molecule has 0 saturated carbocycles. The predicted octanol–water partition coefficient (Wildman–Crippen LogP) is 11.9. The lowest BCUT2D eigenvalue weighted by Gasteiger charge is -2.22. The number of hydrogen-bond acceptors (Lipinski definition) is 0. The van der Waals surface area contributed by atoms with E-state index in [-0.39, 0.29) is 5.41 Å². The van der Waals surface area contributed by atoms with Crippen LogP contribution in [0.2, 0.25) is 0 Å². The van der Waals surface area contributed by atoms with Crippen molar-refractivity contribution in [3.8, 4) is 33.4 Å². The van der Waals surface area contributed by atoms with Gasteiger partial charge in [0.1, 0.15) is 0 Å². The van der Waals surface area contributed by atoms with Crippen LogP contribution in [0.4, 0.5) is 0 Å². The molecule has 0 bridgehead atoms. The molecule has 1 aliphatic rings. The molecule has 1 aromatic heterocycles. The summed E-state index contributed by atoms with van der Waals surface area (Å²) in [7, 11) is 2.24. The second-order valence-electron chi connectivity index (χ2n) is 13.5. The van der Waals surface area contributed by atoms with Gasteiger partial charge in [0.25, 0.3) is 0 Å². The van der Waals surface area contributed by atoms with Crippen molar-refractivity contribution in [3.05, 3.63) is 144 Å². The molecule has 0 N–H and O–H groups in total. The smallest absolute Gasteiger partial charge is 0.0518 e. The molecule has 0 spiro atoms. The van der Waals surface area contributed by atoms with E-state index in [1.54, 1.807) is 0 Å². The molecular weight excluding hydrogens is 542 g/mol. The molecule has 1 heterocycles. The monoisotopic (exact) mass is 577 g/mol. The summed E-state index contributed by atoms with van der Waals surface area (Å²) in [6, 6.07) is 45.4. The lowest BCUT2D eigenvalue weighted by atomic mass is 9.81. The fourth-order valence-corrected chi connectivity index (χ4v) is 8.43. The number of aromatic nitrogens is 1. The van der Waals surface area contributed by atoms with Gasteiger partial charge in [-0.1, -0.05) is 105 Å². The van der Waals surface area contributed by atoms with E-state index in [0.717, 1.165) is 0 Å². The zero-order chi connectivity index (χ0) is 30.6. The van der Waals surface area contributed by atoms with Crippen molar-refractivity contribution in [2.24, 2.45) is 7.05 Å². The topological polar surface area (TPSA) is 4.93 Å². The second-order valence-corrected chi connectivity index (χ2v) is 13.5. The van der Waals surface area contributed by atoms with Crippen LogP contribution >= 0.6 is 0 Å². The molecule has 0 atom stereocenters. The van der Waals surface area contributed by atoms with Gasteiger partial charge in [-0.25, -0.2) is 0 Å². The summed E-state index contributed by atoms with van der Waals surface area (Å²) in [5, 5.41) is 7.94. The van der Waals surface area contributed by atoms with Crippen LogP contribution in [0, 0.1) is 13.8 Å². The van der Waals surface area contributed by atoms with Crippen LogP contribution in [0.1, 0.15) is 36.1 Å². The van der Waals surface area contributed by atoms with Crippen LogP contribution in [0.15, 0.2) is 121 Å². The quantitative estimate of drug-likeness (QED) is 0.180. The van der Waals surface area contributed by atoms with Crippen LogP contribution in [-0.2, 0) is 12.5 Å². The van der Waals surface area contributed by atoms with Crippen molar-refractivity contribution >= 4 is 43.4 Å². The highest BCUT2D eigenvalue weighted by Gasteiger charge is 2.36. The predicted molar refractivity (Wildman–Crippen MR) is 193 cm³/mol. The second kappa shape index (κ2) is 9.19. The lowest BCUT2D eigenvalue weighted by molar-refractivity contribution is 0.661. The normalized spacial score (nSPS) is 13.6. The third-order valence-corrected chi connectivity index (χ3v) is 10.7. The first-order valence-electron chi connectivity index (χ1n) is 16.0. The van der Waals surface area contributed by atoms with Crippen molar-refractivity contribution in [1.82, 2.24) is 4.57 Å². The third kappa shape index (κ3) is 3.56. The van der Waals surface area contributed by atoms with E-state index in [1.165, 1.54) is 99.0 Å². The van der Waals surface area contributed by atoms with Gasteiger partial charge in [0.2, 0.25) is 0 Å². The summed E-state index contributed by atoms with van der Waals surface area (Å²) < 4.78 is 2.42. The Bertz CT molecular complexity index is 2470. The van der Waals surface area contributed by atoms with Crippen LogP contribution in [0.3, 0.4) is 0 Å². The highest BCUT2D eigenvalue weighted by molar-refractivity contribution is 6.18. The van der Waals surface area contributed by atoms with Crippen LogP contribution in [-0.4, -0.2) is 4.57 Å². The minimum atomic E-state index is -0.0833. The summed E-state index contributed by atoms with van der Waals surface area (Å²) in [4.78, 5) is 0. The molecule has 7 aromatic carbocycles. The van der Waals surface area contributed by atoms with Crippen LogP contribution in [0.5, 0.6) is 0 Å². The molecule has 0 fully saturated rings. The molecule has 45 heavy (non-hydrogen) atoms. The average molecular weight is 578 g/mol. The maximum atomic E-state index is 2.48. The SMILES string of the molecule is Cc1c2ccccc2c(-c2cc(C)c3c(c2)c2cc4c(cc2n3C)C(C)(C)c2cc(-c3ccccc3)ccc2-4)c2ccccc12. The molecule has 0 radical (unpaired) electrons. The number of nitrogens with zero attached hydrogens (tertiary/aromatic N) is 1. The maximum absolute atomic E-state index is 2.48. The van der Waals surface area contributed by atoms with Crippen molar-refractivity contribution in [1.29, 1.82) is 0 Å². The van der Waals surface area contributed by atoms with Crippen LogP contribution < -0.4 is 0 Å². The zero-order valence-electron chi connectivity index (χ0n) is 26.5. The van der Waals surface area contributed by atoms with Gasteiger partial charge < -0.3 is 4.57 Å². The standard InChI is InChI=1S/C44H35N/c1-26-21-30(42-34-17-11-9-15-31(34)27(2)32-16-10-12-18-35(32)42)22-38-37-24-36-33-20-19-29(28-13-7-6-8-14-28)23-39(33)44(3,4)40(36)25-41(37)45(5)43(26)38/h6-25H,1-5H3. The molecule has 0 unspecified atom stereocenters. The zero-order valence-corrected chi connectivity index (χ0v) is 26.5. The lowest BCUT2D eigenvalue weighted by Crippen LogP contribution is -2.15. The van der Waals surface area contributed by atoms with Gasteiger partial charge in [-0.3, -0.25) is 0 Å². The summed E-state index contributed by atoms with van der Waals surface area (Å²) in [6.45, 7) is 9.31. The molecule has 1 heteroatoms. The van der Waals surface area contributed by atoms with Gasteiger partial charge >= 0.3 is 0 Å². The minimum absolute atomic E-state index is 0.0833. The summed E-state index contributed by atoms with van der Waals surface area (Å²) in [5.41, 5.74) is 15.9. The Morgan fingerprint density at radius 1 is 0.489 bits per heavy atom. The first-order chi connectivity index (χ1) is 21.8. The average Bonchev–Trinajstić information content (AvgIpc) is 3.47. The molecule has 8 aromatic rings. The van der Waals surface area contributed by atoms with Gasteiger partial charge in [0, 0.05) is 28.8 Å². The van der Waals surface area contributed by atoms with Gasteiger partial charge in [0.15, 0.2) is 0 Å². The van der Waals surface area contributed by atoms with Gasteiger partial charge in [-0.05, 0) is 121 Å². The molecule has 1 nitrogen and oxygen atoms in total. The highest BCUT2D eigenvalue weighted by atomic mass is 14.9. The summed E-state index contributed by atoms with van der Waals surface area (Å²) in [5.74, 6) is 0. The van der Waals surface area contributed by atoms with E-state index >= 15 is 0 Å². The molecule has 0 saturated heterocycles. The Hall–Kier alpha value is -5.14. The molecule has 0 aliphatic heterocycles. The van der Waals surface area contributed by atoms with Crippen LogP contribution in [0.25, 0.3) is 76.7 Å². The van der Waals surface area contributed by atoms with E-state index in [1.807, 2.05) is 0 Å². The Labute approximate surface area is 264 Å². The molecule has 1 aliphatic carbocycles. The van der Waals surface area contributed by atoms with E-state index in [4.69, 9.17) is 0 Å². The van der Waals surface area contributed by atoms with Crippen molar-refractivity contribution in [2.45, 2.75) is 33.1 Å². The number of fused-ring (bicyclic) bond motifs is 8. The minimum Gasteiger partial charge on any atom is -0.343 e. The Balaban J connectivity index is 1.32.